The van der Waals surface area contributed by atoms with Gasteiger partial charge in [0.1, 0.15) is 5.82 Å². The summed E-state index contributed by atoms with van der Waals surface area (Å²) in [6.45, 7) is 2.26. The fraction of sp³-hybridized carbons (Fsp3) is 0.259. The van der Waals surface area contributed by atoms with Crippen molar-refractivity contribution in [1.29, 1.82) is 0 Å². The smallest absolute Gasteiger partial charge is 0.251 e. The van der Waals surface area contributed by atoms with Gasteiger partial charge in [-0.1, -0.05) is 23.7 Å². The van der Waals surface area contributed by atoms with Crippen molar-refractivity contribution < 1.29 is 14.0 Å². The van der Waals surface area contributed by atoms with E-state index < -0.39 is 5.82 Å². The zero-order valence-electron chi connectivity index (χ0n) is 20.9. The molecule has 0 atom stereocenters. The molecule has 0 radical (unpaired) electrons. The molecule has 10 heteroatoms. The zero-order valence-corrected chi connectivity index (χ0v) is 21.6. The predicted octanol–water partition coefficient (Wildman–Crippen LogP) is 4.36. The van der Waals surface area contributed by atoms with Crippen LogP contribution in [-0.4, -0.2) is 58.5 Å². The molecule has 0 aliphatic heterocycles. The number of nitrogens with one attached hydrogen (secondary N) is 2. The molecular weight excluding hydrogens is 495 g/mol. The van der Waals surface area contributed by atoms with Gasteiger partial charge in [0.05, 0.1) is 18.4 Å². The van der Waals surface area contributed by atoms with Crippen molar-refractivity contribution in [2.24, 2.45) is 0 Å². The Labute approximate surface area is 219 Å². The summed E-state index contributed by atoms with van der Waals surface area (Å²) in [6, 6.07) is 14.0. The Morgan fingerprint density at radius 2 is 1.86 bits per heavy atom. The highest BCUT2D eigenvalue weighted by atomic mass is 35.5. The first kappa shape index (κ1) is 26.2. The van der Waals surface area contributed by atoms with Crippen molar-refractivity contribution >= 4 is 34.9 Å². The fourth-order valence-electron chi connectivity index (χ4n) is 3.87. The Morgan fingerprint density at radius 3 is 2.59 bits per heavy atom. The second-order valence-corrected chi connectivity index (χ2v) is 9.49. The Kier molecular flexibility index (Phi) is 8.15. The van der Waals surface area contributed by atoms with Crippen LogP contribution in [-0.2, 0) is 11.2 Å². The van der Waals surface area contributed by atoms with Crippen LogP contribution >= 0.6 is 11.6 Å². The number of hydrogen-bond donors (Lipinski definition) is 2. The number of imidazole rings is 1. The van der Waals surface area contributed by atoms with E-state index >= 15 is 0 Å². The lowest BCUT2D eigenvalue weighted by Gasteiger charge is -2.11. The molecule has 2 aromatic carbocycles. The molecule has 0 unspecified atom stereocenters. The van der Waals surface area contributed by atoms with Crippen molar-refractivity contribution in [3.63, 3.8) is 0 Å². The van der Waals surface area contributed by atoms with Crippen LogP contribution in [0.4, 0.5) is 10.2 Å². The van der Waals surface area contributed by atoms with Crippen LogP contribution in [0.1, 0.15) is 27.9 Å². The third-order valence-electron chi connectivity index (χ3n) is 5.77. The van der Waals surface area contributed by atoms with Gasteiger partial charge in [-0.15, -0.1) is 0 Å². The van der Waals surface area contributed by atoms with Gasteiger partial charge in [-0.25, -0.2) is 13.9 Å². The summed E-state index contributed by atoms with van der Waals surface area (Å²) in [5.74, 6) is -0.666. The summed E-state index contributed by atoms with van der Waals surface area (Å²) in [7, 11) is 3.60. The number of rotatable bonds is 9. The summed E-state index contributed by atoms with van der Waals surface area (Å²) in [5, 5.41) is 10.8. The first-order chi connectivity index (χ1) is 17.7. The van der Waals surface area contributed by atoms with Gasteiger partial charge >= 0.3 is 0 Å². The Balaban J connectivity index is 1.47. The summed E-state index contributed by atoms with van der Waals surface area (Å²) in [5.41, 5.74) is 3.11. The molecular formula is C27H28ClFN6O2. The first-order valence-corrected chi connectivity index (χ1v) is 12.2. The topological polar surface area (TPSA) is 91.6 Å². The number of amides is 2. The average Bonchev–Trinajstić information content (AvgIpc) is 3.25. The maximum atomic E-state index is 14.8. The molecule has 37 heavy (non-hydrogen) atoms. The van der Waals surface area contributed by atoms with E-state index in [9.17, 15) is 14.0 Å². The molecule has 0 bridgehead atoms. The van der Waals surface area contributed by atoms with Crippen LogP contribution in [0.3, 0.4) is 0 Å². The lowest BCUT2D eigenvalue weighted by Crippen LogP contribution is -2.27. The van der Waals surface area contributed by atoms with Crippen LogP contribution in [0.15, 0.2) is 54.7 Å². The summed E-state index contributed by atoms with van der Waals surface area (Å²) < 4.78 is 16.3. The first-order valence-electron chi connectivity index (χ1n) is 11.8. The van der Waals surface area contributed by atoms with Gasteiger partial charge < -0.3 is 15.5 Å². The molecule has 0 aliphatic carbocycles. The van der Waals surface area contributed by atoms with Crippen LogP contribution in [0.2, 0.25) is 5.02 Å². The van der Waals surface area contributed by atoms with Gasteiger partial charge in [-0.2, -0.15) is 5.10 Å². The molecule has 8 nitrogen and oxygen atoms in total. The third-order valence-corrected chi connectivity index (χ3v) is 6.03. The Morgan fingerprint density at radius 1 is 1.11 bits per heavy atom. The molecule has 0 spiro atoms. The van der Waals surface area contributed by atoms with Crippen LogP contribution < -0.4 is 10.6 Å². The highest BCUT2D eigenvalue weighted by molar-refractivity contribution is 6.30. The number of nitrogens with zero attached hydrogens (tertiary/aromatic N) is 4. The number of aryl methyl sites for hydroxylation is 1. The minimum absolute atomic E-state index is 0.196. The highest BCUT2D eigenvalue weighted by Crippen LogP contribution is 2.24. The number of hydrogen-bond acceptors (Lipinski definition) is 5. The number of carbonyl (C=O) groups is 2. The maximum absolute atomic E-state index is 14.8. The maximum Gasteiger partial charge on any atom is 0.251 e. The molecule has 0 saturated heterocycles. The minimum Gasteiger partial charge on any atom is -0.352 e. The third kappa shape index (κ3) is 6.69. The van der Waals surface area contributed by atoms with Crippen molar-refractivity contribution in [3.05, 3.63) is 82.3 Å². The molecule has 4 aromatic rings. The van der Waals surface area contributed by atoms with Gasteiger partial charge in [0.15, 0.2) is 11.5 Å². The van der Waals surface area contributed by atoms with E-state index in [1.54, 1.807) is 50.3 Å². The van der Waals surface area contributed by atoms with Crippen LogP contribution in [0.25, 0.3) is 16.9 Å². The van der Waals surface area contributed by atoms with Crippen molar-refractivity contribution in [3.8, 4) is 11.3 Å². The fourth-order valence-corrected chi connectivity index (χ4v) is 4.00. The molecule has 0 fully saturated rings. The summed E-state index contributed by atoms with van der Waals surface area (Å²) >= 11 is 5.92. The van der Waals surface area contributed by atoms with Crippen molar-refractivity contribution in [2.75, 3.05) is 32.5 Å². The van der Waals surface area contributed by atoms with E-state index in [0.29, 0.717) is 34.3 Å². The summed E-state index contributed by atoms with van der Waals surface area (Å²) in [6.07, 6.45) is 3.11. The van der Waals surface area contributed by atoms with E-state index in [4.69, 9.17) is 11.6 Å². The zero-order chi connectivity index (χ0) is 26.5. The molecule has 192 valence electrons. The number of aromatic nitrogens is 3. The number of halogens is 2. The lowest BCUT2D eigenvalue weighted by atomic mass is 10.0. The van der Waals surface area contributed by atoms with E-state index in [1.165, 1.54) is 10.6 Å². The Hall–Kier alpha value is -3.82. The standard InChI is InChI=1S/C27H28ClFN6O2/c1-17-21(27(37)30-12-4-5-18-6-8-20(28)9-7-18)13-19(14-22(17)29)23-10-11-25-31-24(15-35(25)33-23)32-26(36)16-34(2)3/h6-11,13-15H,4-5,12,16H2,1-3H3,(H,30,37)(H,32,36). The van der Waals surface area contributed by atoms with Gasteiger partial charge in [-0.05, 0) is 81.4 Å². The normalized spacial score (nSPS) is 11.2. The van der Waals surface area contributed by atoms with E-state index in [2.05, 4.69) is 20.7 Å². The molecule has 2 N–H and O–H groups in total. The van der Waals surface area contributed by atoms with Gasteiger partial charge in [-0.3, -0.25) is 9.59 Å². The molecule has 2 heterocycles. The highest BCUT2D eigenvalue weighted by Gasteiger charge is 2.16. The largest absolute Gasteiger partial charge is 0.352 e. The van der Waals surface area contributed by atoms with E-state index in [0.717, 1.165) is 18.4 Å². The monoisotopic (exact) mass is 522 g/mol. The number of fused-ring (bicyclic) bond motifs is 1. The SMILES string of the molecule is Cc1c(F)cc(-c2ccc3nc(NC(=O)CN(C)C)cn3n2)cc1C(=O)NCCCc1ccc(Cl)cc1. The second kappa shape index (κ2) is 11.5. The molecule has 2 aromatic heterocycles. The molecule has 2 amide bonds. The predicted molar refractivity (Wildman–Crippen MR) is 142 cm³/mol. The molecule has 4 rings (SSSR count). The van der Waals surface area contributed by atoms with Crippen LogP contribution in [0, 0.1) is 12.7 Å². The number of carbonyl (C=O) groups excluding carboxylic acids is 2. The number of benzene rings is 2. The summed E-state index contributed by atoms with van der Waals surface area (Å²) in [4.78, 5) is 31.0. The van der Waals surface area contributed by atoms with Crippen LogP contribution in [0.5, 0.6) is 0 Å². The molecule has 0 aliphatic rings. The van der Waals surface area contributed by atoms with E-state index in [1.807, 2.05) is 24.3 Å². The van der Waals surface area contributed by atoms with E-state index in [-0.39, 0.29) is 29.5 Å². The Bertz CT molecular complexity index is 1440. The van der Waals surface area contributed by atoms with Crippen molar-refractivity contribution in [2.45, 2.75) is 19.8 Å². The van der Waals surface area contributed by atoms with Gasteiger partial charge in [0.2, 0.25) is 5.91 Å². The average molecular weight is 523 g/mol. The molecule has 0 saturated carbocycles. The number of likely N-dealkylation sites (N-methyl/N-ethyl adjacent to an activating group) is 1. The number of anilines is 1. The van der Waals surface area contributed by atoms with Crippen molar-refractivity contribution in [1.82, 2.24) is 24.8 Å². The second-order valence-electron chi connectivity index (χ2n) is 9.05. The lowest BCUT2D eigenvalue weighted by molar-refractivity contribution is -0.116. The quantitative estimate of drug-likeness (QED) is 0.319. The van der Waals surface area contributed by atoms with Gasteiger partial charge in [0, 0.05) is 22.7 Å². The van der Waals surface area contributed by atoms with Gasteiger partial charge in [0.25, 0.3) is 5.91 Å². The minimum atomic E-state index is -0.493.